The lowest BCUT2D eigenvalue weighted by molar-refractivity contribution is 0.0690. The van der Waals surface area contributed by atoms with Crippen molar-refractivity contribution in [2.75, 3.05) is 7.11 Å². The molecular weight excluding hydrogens is 286 g/mol. The van der Waals surface area contributed by atoms with Gasteiger partial charge in [0.15, 0.2) is 5.69 Å². The smallest absolute Gasteiger partial charge is 0.354 e. The molecule has 1 aromatic carbocycles. The van der Waals surface area contributed by atoms with Crippen molar-refractivity contribution < 1.29 is 14.6 Å². The molecule has 2 rings (SSSR count). The highest BCUT2D eigenvalue weighted by Crippen LogP contribution is 2.33. The minimum Gasteiger partial charge on any atom is -0.496 e. The van der Waals surface area contributed by atoms with Crippen LogP contribution in [0.3, 0.4) is 0 Å². The second-order valence-electron chi connectivity index (χ2n) is 3.60. The van der Waals surface area contributed by atoms with Gasteiger partial charge in [-0.1, -0.05) is 6.07 Å². The van der Waals surface area contributed by atoms with Gasteiger partial charge >= 0.3 is 5.97 Å². The number of carboxylic acid groups (broad SMARTS) is 1. The number of hydrogen-bond acceptors (Lipinski definition) is 3. The number of carboxylic acids is 1. The average molecular weight is 296 g/mol. The number of hydrogen-bond donors (Lipinski definition) is 1. The Morgan fingerprint density at radius 3 is 2.76 bits per heavy atom. The number of ether oxygens (including phenoxy) is 1. The van der Waals surface area contributed by atoms with Gasteiger partial charge in [-0.2, -0.15) is 0 Å². The van der Waals surface area contributed by atoms with Crippen LogP contribution in [0.1, 0.15) is 16.1 Å². The van der Waals surface area contributed by atoms with Gasteiger partial charge < -0.3 is 9.84 Å². The summed E-state index contributed by atoms with van der Waals surface area (Å²) in [5.74, 6) is -0.562. The molecule has 17 heavy (non-hydrogen) atoms. The normalized spacial score (nSPS) is 10.5. The summed E-state index contributed by atoms with van der Waals surface area (Å²) in [5, 5.41) is 9.78. The Morgan fingerprint density at radius 2 is 2.18 bits per heavy atom. The Kier molecular flexibility index (Phi) is 3.02. The molecule has 1 heterocycles. The number of nitrogens with zero attached hydrogens (tertiary/aromatic N) is 1. The van der Waals surface area contributed by atoms with Crippen LogP contribution < -0.4 is 4.74 Å². The molecule has 4 nitrogen and oxygen atoms in total. The summed E-state index contributed by atoms with van der Waals surface area (Å²) in [4.78, 5) is 15.1. The Hall–Kier alpha value is -1.62. The van der Waals surface area contributed by atoms with Crippen LogP contribution in [0.5, 0.6) is 5.75 Å². The summed E-state index contributed by atoms with van der Waals surface area (Å²) >= 11 is 3.42. The van der Waals surface area contributed by atoms with Crippen LogP contribution in [0, 0.1) is 6.92 Å². The first-order valence-electron chi connectivity index (χ1n) is 4.91. The Labute approximate surface area is 106 Å². The van der Waals surface area contributed by atoms with E-state index in [9.17, 15) is 4.79 Å². The number of carbonyl (C=O) groups is 1. The standard InChI is InChI=1S/C12H10BrNO3/c1-6-3-4-7(13)10-9(17-2)5-8(12(15)16)14-11(6)10/h3-5H,1-2H3,(H,15,16). The van der Waals surface area contributed by atoms with E-state index < -0.39 is 5.97 Å². The summed E-state index contributed by atoms with van der Waals surface area (Å²) in [6.45, 7) is 1.88. The first-order chi connectivity index (χ1) is 8.04. The molecule has 0 bridgehead atoms. The van der Waals surface area contributed by atoms with Crippen LogP contribution >= 0.6 is 15.9 Å². The monoisotopic (exact) mass is 295 g/mol. The number of methoxy groups -OCH3 is 1. The Balaban J connectivity index is 2.91. The molecule has 1 N–H and O–H groups in total. The second-order valence-corrected chi connectivity index (χ2v) is 4.46. The fourth-order valence-electron chi connectivity index (χ4n) is 1.67. The van der Waals surface area contributed by atoms with Gasteiger partial charge in [-0.05, 0) is 34.5 Å². The van der Waals surface area contributed by atoms with E-state index in [1.54, 1.807) is 0 Å². The van der Waals surface area contributed by atoms with E-state index in [-0.39, 0.29) is 5.69 Å². The largest absolute Gasteiger partial charge is 0.496 e. The van der Waals surface area contributed by atoms with E-state index in [1.807, 2.05) is 19.1 Å². The maximum atomic E-state index is 11.0. The van der Waals surface area contributed by atoms with Crippen molar-refractivity contribution in [3.8, 4) is 5.75 Å². The van der Waals surface area contributed by atoms with Crippen LogP contribution in [0.25, 0.3) is 10.9 Å². The molecule has 0 fully saturated rings. The number of aryl methyl sites for hydroxylation is 1. The van der Waals surface area contributed by atoms with Crippen LogP contribution in [0.2, 0.25) is 0 Å². The van der Waals surface area contributed by atoms with Crippen LogP contribution in [-0.4, -0.2) is 23.2 Å². The van der Waals surface area contributed by atoms with Gasteiger partial charge in [-0.3, -0.25) is 0 Å². The van der Waals surface area contributed by atoms with Crippen LogP contribution in [0.4, 0.5) is 0 Å². The molecule has 5 heteroatoms. The van der Waals surface area contributed by atoms with Crippen molar-refractivity contribution in [1.29, 1.82) is 0 Å². The Morgan fingerprint density at radius 1 is 1.47 bits per heavy atom. The van der Waals surface area contributed by atoms with Crippen LogP contribution in [0.15, 0.2) is 22.7 Å². The molecule has 0 aliphatic heterocycles. The Bertz CT molecular complexity index is 610. The summed E-state index contributed by atoms with van der Waals surface area (Å²) in [6.07, 6.45) is 0. The van der Waals surface area contributed by atoms with Gasteiger partial charge in [0.2, 0.25) is 0 Å². The van der Waals surface area contributed by atoms with Crippen molar-refractivity contribution in [3.05, 3.63) is 33.9 Å². The van der Waals surface area contributed by atoms with Crippen molar-refractivity contribution in [2.24, 2.45) is 0 Å². The number of pyridine rings is 1. The number of halogens is 1. The molecule has 0 atom stereocenters. The van der Waals surface area contributed by atoms with E-state index >= 15 is 0 Å². The highest BCUT2D eigenvalue weighted by atomic mass is 79.9. The maximum absolute atomic E-state index is 11.0. The van der Waals surface area contributed by atoms with Gasteiger partial charge in [-0.25, -0.2) is 9.78 Å². The summed E-state index contributed by atoms with van der Waals surface area (Å²) in [5.41, 5.74) is 1.52. The topological polar surface area (TPSA) is 59.4 Å². The van der Waals surface area contributed by atoms with Gasteiger partial charge in [0.25, 0.3) is 0 Å². The van der Waals surface area contributed by atoms with Gasteiger partial charge in [0.05, 0.1) is 18.0 Å². The lowest BCUT2D eigenvalue weighted by Gasteiger charge is -2.10. The predicted octanol–water partition coefficient (Wildman–Crippen LogP) is 3.01. The maximum Gasteiger partial charge on any atom is 0.354 e. The molecule has 0 aliphatic rings. The third-order valence-electron chi connectivity index (χ3n) is 2.51. The van der Waals surface area contributed by atoms with Crippen LogP contribution in [-0.2, 0) is 0 Å². The molecule has 1 aromatic heterocycles. The fraction of sp³-hybridized carbons (Fsp3) is 0.167. The molecule has 88 valence electrons. The van der Waals surface area contributed by atoms with E-state index in [2.05, 4.69) is 20.9 Å². The molecule has 2 aromatic rings. The van der Waals surface area contributed by atoms with Gasteiger partial charge in [0.1, 0.15) is 5.75 Å². The quantitative estimate of drug-likeness (QED) is 0.925. The zero-order chi connectivity index (χ0) is 12.6. The van der Waals surface area contributed by atoms with E-state index in [4.69, 9.17) is 9.84 Å². The van der Waals surface area contributed by atoms with Crippen molar-refractivity contribution >= 4 is 32.8 Å². The van der Waals surface area contributed by atoms with Crippen molar-refractivity contribution in [1.82, 2.24) is 4.98 Å². The van der Waals surface area contributed by atoms with Crippen molar-refractivity contribution in [3.63, 3.8) is 0 Å². The third kappa shape index (κ3) is 1.98. The number of benzene rings is 1. The lowest BCUT2D eigenvalue weighted by atomic mass is 10.1. The molecule has 0 aliphatic carbocycles. The third-order valence-corrected chi connectivity index (χ3v) is 3.18. The SMILES string of the molecule is COc1cc(C(=O)O)nc2c(C)ccc(Br)c12. The van der Waals surface area contributed by atoms with Gasteiger partial charge in [-0.15, -0.1) is 0 Å². The number of aromatic carboxylic acids is 1. The van der Waals surface area contributed by atoms with E-state index in [0.717, 1.165) is 15.4 Å². The van der Waals surface area contributed by atoms with E-state index in [1.165, 1.54) is 13.2 Å². The number of fused-ring (bicyclic) bond motifs is 1. The molecule has 0 radical (unpaired) electrons. The summed E-state index contributed by atoms with van der Waals surface area (Å²) < 4.78 is 6.05. The molecule has 0 saturated carbocycles. The molecule has 0 spiro atoms. The fourth-order valence-corrected chi connectivity index (χ4v) is 2.18. The zero-order valence-corrected chi connectivity index (χ0v) is 10.9. The van der Waals surface area contributed by atoms with Gasteiger partial charge in [0, 0.05) is 10.5 Å². The first-order valence-corrected chi connectivity index (χ1v) is 5.71. The summed E-state index contributed by atoms with van der Waals surface area (Å²) in [7, 11) is 1.51. The zero-order valence-electron chi connectivity index (χ0n) is 9.32. The van der Waals surface area contributed by atoms with E-state index in [0.29, 0.717) is 11.3 Å². The number of rotatable bonds is 2. The first kappa shape index (κ1) is 11.9. The molecule has 0 amide bonds. The minimum atomic E-state index is -1.07. The minimum absolute atomic E-state index is 0.0180. The highest BCUT2D eigenvalue weighted by Gasteiger charge is 2.14. The van der Waals surface area contributed by atoms with Crippen molar-refractivity contribution in [2.45, 2.75) is 6.92 Å². The number of aromatic nitrogens is 1. The summed E-state index contributed by atoms with van der Waals surface area (Å²) in [6, 6.07) is 5.20. The average Bonchev–Trinajstić information content (AvgIpc) is 2.32. The molecule has 0 saturated heterocycles. The highest BCUT2D eigenvalue weighted by molar-refractivity contribution is 9.10. The lowest BCUT2D eigenvalue weighted by Crippen LogP contribution is -2.02. The molecule has 0 unspecified atom stereocenters. The second kappa shape index (κ2) is 4.33. The predicted molar refractivity (Wildman–Crippen MR) is 67.7 cm³/mol. The molecular formula is C12H10BrNO3.